The predicted octanol–water partition coefficient (Wildman–Crippen LogP) is 3.13. The topological polar surface area (TPSA) is 44.4 Å². The van der Waals surface area contributed by atoms with Crippen LogP contribution in [0.4, 0.5) is 5.69 Å². The molecule has 0 unspecified atom stereocenters. The second-order valence-corrected chi connectivity index (χ2v) is 6.32. The highest BCUT2D eigenvalue weighted by atomic mass is 35.5. The van der Waals surface area contributed by atoms with Crippen molar-refractivity contribution in [2.45, 2.75) is 46.1 Å². The average molecular weight is 340 g/mol. The minimum absolute atomic E-state index is 0. The van der Waals surface area contributed by atoms with Crippen molar-refractivity contribution in [3.8, 4) is 0 Å². The number of anilines is 1. The number of nitrogens with zero attached hydrogens (tertiary/aromatic N) is 1. The summed E-state index contributed by atoms with van der Waals surface area (Å²) in [5, 5.41) is 6.46. The molecule has 0 saturated carbocycles. The van der Waals surface area contributed by atoms with Gasteiger partial charge in [0.05, 0.1) is 6.54 Å². The Morgan fingerprint density at radius 2 is 2.00 bits per heavy atom. The maximum absolute atomic E-state index is 12.4. The van der Waals surface area contributed by atoms with E-state index in [2.05, 4.69) is 35.4 Å². The van der Waals surface area contributed by atoms with Gasteiger partial charge in [-0.15, -0.1) is 12.4 Å². The lowest BCUT2D eigenvalue weighted by Crippen LogP contribution is -2.46. The molecule has 1 aromatic carbocycles. The van der Waals surface area contributed by atoms with Gasteiger partial charge in [0, 0.05) is 11.7 Å². The van der Waals surface area contributed by atoms with E-state index in [0.717, 1.165) is 50.1 Å². The van der Waals surface area contributed by atoms with Gasteiger partial charge in [-0.3, -0.25) is 9.69 Å². The highest BCUT2D eigenvalue weighted by molar-refractivity contribution is 5.93. The van der Waals surface area contributed by atoms with E-state index in [9.17, 15) is 4.79 Å². The first-order valence-electron chi connectivity index (χ1n) is 8.42. The van der Waals surface area contributed by atoms with Gasteiger partial charge in [-0.1, -0.05) is 24.6 Å². The second kappa shape index (κ2) is 9.91. The molecule has 1 aromatic rings. The van der Waals surface area contributed by atoms with Crippen molar-refractivity contribution < 1.29 is 4.79 Å². The number of amides is 1. The summed E-state index contributed by atoms with van der Waals surface area (Å²) in [7, 11) is 0. The van der Waals surface area contributed by atoms with E-state index >= 15 is 0 Å². The summed E-state index contributed by atoms with van der Waals surface area (Å²) < 4.78 is 0. The largest absolute Gasteiger partial charge is 0.325 e. The quantitative estimate of drug-likeness (QED) is 0.837. The maximum atomic E-state index is 12.4. The van der Waals surface area contributed by atoms with Gasteiger partial charge in [-0.2, -0.15) is 0 Å². The van der Waals surface area contributed by atoms with Crippen LogP contribution in [0.3, 0.4) is 0 Å². The zero-order valence-electron chi connectivity index (χ0n) is 14.5. The van der Waals surface area contributed by atoms with Gasteiger partial charge in [0.25, 0.3) is 0 Å². The fourth-order valence-corrected chi connectivity index (χ4v) is 3.18. The van der Waals surface area contributed by atoms with Gasteiger partial charge in [0.2, 0.25) is 5.91 Å². The van der Waals surface area contributed by atoms with Crippen LogP contribution in [0.2, 0.25) is 0 Å². The first kappa shape index (κ1) is 19.9. The summed E-state index contributed by atoms with van der Waals surface area (Å²) in [6.07, 6.45) is 3.36. The molecule has 0 atom stereocenters. The van der Waals surface area contributed by atoms with Gasteiger partial charge in [0.15, 0.2) is 0 Å². The minimum Gasteiger partial charge on any atom is -0.325 e. The number of hydrogen-bond acceptors (Lipinski definition) is 3. The SMILES string of the molecule is CCCN(CC(=O)Nc1ccc(C)cc1C)C1CCNCC1.Cl. The first-order chi connectivity index (χ1) is 10.6. The molecule has 0 aromatic heterocycles. The number of nitrogens with one attached hydrogen (secondary N) is 2. The van der Waals surface area contributed by atoms with Crippen LogP contribution < -0.4 is 10.6 Å². The van der Waals surface area contributed by atoms with Crippen LogP contribution in [0.5, 0.6) is 0 Å². The number of benzene rings is 1. The smallest absolute Gasteiger partial charge is 0.238 e. The Kier molecular flexibility index (Phi) is 8.59. The Hall–Kier alpha value is -1.10. The minimum atomic E-state index is 0. The van der Waals surface area contributed by atoms with E-state index in [4.69, 9.17) is 0 Å². The van der Waals surface area contributed by atoms with E-state index in [-0.39, 0.29) is 18.3 Å². The lowest BCUT2D eigenvalue weighted by atomic mass is 10.0. The molecule has 0 bridgehead atoms. The molecule has 2 N–H and O–H groups in total. The third kappa shape index (κ3) is 6.13. The van der Waals surface area contributed by atoms with E-state index in [1.54, 1.807) is 0 Å². The molecular weight excluding hydrogens is 310 g/mol. The summed E-state index contributed by atoms with van der Waals surface area (Å²) in [5.41, 5.74) is 3.27. The molecular formula is C18H30ClN3O. The Morgan fingerprint density at radius 3 is 2.61 bits per heavy atom. The zero-order valence-corrected chi connectivity index (χ0v) is 15.3. The van der Waals surface area contributed by atoms with E-state index in [0.29, 0.717) is 12.6 Å². The lowest BCUT2D eigenvalue weighted by Gasteiger charge is -2.34. The van der Waals surface area contributed by atoms with Crippen molar-refractivity contribution in [3.05, 3.63) is 29.3 Å². The molecule has 0 aliphatic carbocycles. The summed E-state index contributed by atoms with van der Waals surface area (Å²) in [5.74, 6) is 0.0962. The van der Waals surface area contributed by atoms with Crippen molar-refractivity contribution in [1.29, 1.82) is 0 Å². The Labute approximate surface area is 146 Å². The van der Waals surface area contributed by atoms with Gasteiger partial charge in [0.1, 0.15) is 0 Å². The molecule has 5 heteroatoms. The monoisotopic (exact) mass is 339 g/mol. The standard InChI is InChI=1S/C18H29N3O.ClH/c1-4-11-21(16-7-9-19-10-8-16)13-18(22)20-17-6-5-14(2)12-15(17)3;/h5-6,12,16,19H,4,7-11,13H2,1-3H3,(H,20,22);1H. The van der Waals surface area contributed by atoms with Crippen molar-refractivity contribution in [2.75, 3.05) is 31.5 Å². The molecule has 130 valence electrons. The third-order valence-electron chi connectivity index (χ3n) is 4.34. The first-order valence-corrected chi connectivity index (χ1v) is 8.42. The summed E-state index contributed by atoms with van der Waals surface area (Å²) in [4.78, 5) is 14.8. The van der Waals surface area contributed by atoms with Crippen LogP contribution in [-0.2, 0) is 4.79 Å². The van der Waals surface area contributed by atoms with Crippen LogP contribution in [0, 0.1) is 13.8 Å². The maximum Gasteiger partial charge on any atom is 0.238 e. The van der Waals surface area contributed by atoms with Gasteiger partial charge >= 0.3 is 0 Å². The van der Waals surface area contributed by atoms with Gasteiger partial charge in [-0.25, -0.2) is 0 Å². The fourth-order valence-electron chi connectivity index (χ4n) is 3.18. The molecule has 23 heavy (non-hydrogen) atoms. The molecule has 1 heterocycles. The molecule has 0 spiro atoms. The third-order valence-corrected chi connectivity index (χ3v) is 4.34. The Morgan fingerprint density at radius 1 is 1.30 bits per heavy atom. The van der Waals surface area contributed by atoms with Gasteiger partial charge in [-0.05, 0) is 64.4 Å². The number of halogens is 1. The van der Waals surface area contributed by atoms with E-state index in [1.165, 1.54) is 5.56 Å². The fraction of sp³-hybridized carbons (Fsp3) is 0.611. The molecule has 1 aliphatic rings. The number of hydrogen-bond donors (Lipinski definition) is 2. The molecule has 1 fully saturated rings. The molecule has 0 radical (unpaired) electrons. The van der Waals surface area contributed by atoms with Crippen LogP contribution in [0.15, 0.2) is 18.2 Å². The Balaban J connectivity index is 0.00000264. The normalized spacial score (nSPS) is 15.3. The van der Waals surface area contributed by atoms with Crippen molar-refractivity contribution in [2.24, 2.45) is 0 Å². The highest BCUT2D eigenvalue weighted by Crippen LogP contribution is 2.17. The summed E-state index contributed by atoms with van der Waals surface area (Å²) >= 11 is 0. The van der Waals surface area contributed by atoms with Crippen molar-refractivity contribution >= 4 is 24.0 Å². The number of aryl methyl sites for hydroxylation is 2. The zero-order chi connectivity index (χ0) is 15.9. The molecule has 1 saturated heterocycles. The number of carbonyl (C=O) groups excluding carboxylic acids is 1. The Bertz CT molecular complexity index is 501. The van der Waals surface area contributed by atoms with E-state index in [1.807, 2.05) is 19.1 Å². The van der Waals surface area contributed by atoms with Crippen LogP contribution in [-0.4, -0.2) is 43.0 Å². The number of rotatable bonds is 6. The number of carbonyl (C=O) groups is 1. The van der Waals surface area contributed by atoms with Crippen LogP contribution >= 0.6 is 12.4 Å². The predicted molar refractivity (Wildman–Crippen MR) is 99.5 cm³/mol. The van der Waals surface area contributed by atoms with E-state index < -0.39 is 0 Å². The van der Waals surface area contributed by atoms with Crippen LogP contribution in [0.25, 0.3) is 0 Å². The molecule has 1 aliphatic heterocycles. The molecule has 1 amide bonds. The second-order valence-electron chi connectivity index (χ2n) is 6.32. The summed E-state index contributed by atoms with van der Waals surface area (Å²) in [6.45, 7) is 9.89. The molecule has 4 nitrogen and oxygen atoms in total. The number of piperidine rings is 1. The van der Waals surface area contributed by atoms with Crippen LogP contribution in [0.1, 0.15) is 37.3 Å². The summed E-state index contributed by atoms with van der Waals surface area (Å²) in [6, 6.07) is 6.67. The van der Waals surface area contributed by atoms with Crippen molar-refractivity contribution in [3.63, 3.8) is 0 Å². The highest BCUT2D eigenvalue weighted by Gasteiger charge is 2.22. The molecule has 2 rings (SSSR count). The lowest BCUT2D eigenvalue weighted by molar-refractivity contribution is -0.118. The van der Waals surface area contributed by atoms with Crippen molar-refractivity contribution in [1.82, 2.24) is 10.2 Å². The van der Waals surface area contributed by atoms with Gasteiger partial charge < -0.3 is 10.6 Å². The average Bonchev–Trinajstić information content (AvgIpc) is 2.50.